The highest BCUT2D eigenvalue weighted by molar-refractivity contribution is 4.75. The molecule has 0 N–H and O–H groups in total. The van der Waals surface area contributed by atoms with Crippen LogP contribution in [0.3, 0.4) is 0 Å². The van der Waals surface area contributed by atoms with Crippen molar-refractivity contribution in [1.82, 2.24) is 0 Å². The highest BCUT2D eigenvalue weighted by atomic mass is 16.5. The molecular weight excluding hydrogens is 124 g/mol. The van der Waals surface area contributed by atoms with Crippen LogP contribution in [0.2, 0.25) is 0 Å². The van der Waals surface area contributed by atoms with E-state index in [2.05, 4.69) is 6.58 Å². The molecule has 0 aromatic rings. The first-order valence-electron chi connectivity index (χ1n) is 3.79. The third-order valence-electron chi connectivity index (χ3n) is 1.14. The SMILES string of the molecule is C=CCCCC=COCC. The lowest BCUT2D eigenvalue weighted by Crippen LogP contribution is -1.76. The predicted molar refractivity (Wildman–Crippen MR) is 44.8 cm³/mol. The van der Waals surface area contributed by atoms with Crippen LogP contribution in [0.25, 0.3) is 0 Å². The molecule has 0 aromatic carbocycles. The Morgan fingerprint density at radius 1 is 1.40 bits per heavy atom. The predicted octanol–water partition coefficient (Wildman–Crippen LogP) is 2.89. The standard InChI is InChI=1S/C9H16O/c1-3-5-6-7-8-9-10-4-2/h3,8-9H,1,4-7H2,2H3. The molecule has 0 radical (unpaired) electrons. The molecule has 0 amide bonds. The molecule has 0 aliphatic heterocycles. The van der Waals surface area contributed by atoms with Crippen molar-refractivity contribution in [2.45, 2.75) is 26.2 Å². The molecule has 0 heterocycles. The van der Waals surface area contributed by atoms with Crippen molar-refractivity contribution in [2.24, 2.45) is 0 Å². The van der Waals surface area contributed by atoms with Crippen molar-refractivity contribution in [3.05, 3.63) is 25.0 Å². The van der Waals surface area contributed by atoms with Crippen LogP contribution in [0.15, 0.2) is 25.0 Å². The van der Waals surface area contributed by atoms with Crippen LogP contribution in [-0.4, -0.2) is 6.61 Å². The summed E-state index contributed by atoms with van der Waals surface area (Å²) >= 11 is 0. The normalized spacial score (nSPS) is 10.1. The van der Waals surface area contributed by atoms with E-state index in [4.69, 9.17) is 4.74 Å². The van der Waals surface area contributed by atoms with E-state index >= 15 is 0 Å². The average molecular weight is 140 g/mol. The second-order valence-corrected chi connectivity index (χ2v) is 2.05. The molecule has 0 rings (SSSR count). The molecule has 0 saturated carbocycles. The Bertz CT molecular complexity index is 94.9. The van der Waals surface area contributed by atoms with Crippen molar-refractivity contribution in [2.75, 3.05) is 6.61 Å². The molecule has 0 aromatic heterocycles. The summed E-state index contributed by atoms with van der Waals surface area (Å²) in [6, 6.07) is 0. The minimum absolute atomic E-state index is 0.762. The van der Waals surface area contributed by atoms with E-state index in [-0.39, 0.29) is 0 Å². The minimum Gasteiger partial charge on any atom is -0.502 e. The smallest absolute Gasteiger partial charge is 0.0845 e. The van der Waals surface area contributed by atoms with E-state index in [1.807, 2.05) is 19.1 Å². The van der Waals surface area contributed by atoms with Crippen LogP contribution in [0, 0.1) is 0 Å². The van der Waals surface area contributed by atoms with Crippen LogP contribution in [0.4, 0.5) is 0 Å². The second kappa shape index (κ2) is 8.28. The molecule has 0 unspecified atom stereocenters. The third-order valence-corrected chi connectivity index (χ3v) is 1.14. The first-order chi connectivity index (χ1) is 4.91. The van der Waals surface area contributed by atoms with Crippen LogP contribution < -0.4 is 0 Å². The molecule has 0 saturated heterocycles. The van der Waals surface area contributed by atoms with E-state index < -0.39 is 0 Å². The Labute approximate surface area is 63.4 Å². The van der Waals surface area contributed by atoms with Gasteiger partial charge in [0.25, 0.3) is 0 Å². The monoisotopic (exact) mass is 140 g/mol. The summed E-state index contributed by atoms with van der Waals surface area (Å²) in [5.74, 6) is 0. The summed E-state index contributed by atoms with van der Waals surface area (Å²) in [6.45, 7) is 6.38. The molecule has 58 valence electrons. The number of unbranched alkanes of at least 4 members (excludes halogenated alkanes) is 2. The van der Waals surface area contributed by atoms with Gasteiger partial charge in [0.05, 0.1) is 12.9 Å². The van der Waals surface area contributed by atoms with E-state index in [1.54, 1.807) is 6.26 Å². The van der Waals surface area contributed by atoms with Gasteiger partial charge in [-0.05, 0) is 32.3 Å². The van der Waals surface area contributed by atoms with Crippen LogP contribution in [0.1, 0.15) is 26.2 Å². The van der Waals surface area contributed by atoms with Crippen LogP contribution >= 0.6 is 0 Å². The van der Waals surface area contributed by atoms with E-state index in [0.717, 1.165) is 19.4 Å². The zero-order valence-corrected chi connectivity index (χ0v) is 6.68. The van der Waals surface area contributed by atoms with Gasteiger partial charge in [-0.15, -0.1) is 6.58 Å². The summed E-state index contributed by atoms with van der Waals surface area (Å²) in [6.07, 6.45) is 9.11. The zero-order chi connectivity index (χ0) is 7.66. The van der Waals surface area contributed by atoms with Crippen molar-refractivity contribution in [3.8, 4) is 0 Å². The molecule has 1 nitrogen and oxygen atoms in total. The molecule has 0 fully saturated rings. The highest BCUT2D eigenvalue weighted by Crippen LogP contribution is 1.96. The van der Waals surface area contributed by atoms with E-state index in [0.29, 0.717) is 0 Å². The summed E-state index contributed by atoms with van der Waals surface area (Å²) in [5.41, 5.74) is 0. The van der Waals surface area contributed by atoms with Crippen molar-refractivity contribution in [3.63, 3.8) is 0 Å². The fourth-order valence-corrected chi connectivity index (χ4v) is 0.612. The van der Waals surface area contributed by atoms with Crippen molar-refractivity contribution >= 4 is 0 Å². The van der Waals surface area contributed by atoms with Crippen LogP contribution in [0.5, 0.6) is 0 Å². The second-order valence-electron chi connectivity index (χ2n) is 2.05. The lowest BCUT2D eigenvalue weighted by molar-refractivity contribution is 0.268. The maximum atomic E-state index is 5.01. The molecule has 0 bridgehead atoms. The van der Waals surface area contributed by atoms with Gasteiger partial charge < -0.3 is 4.74 Å². The summed E-state index contributed by atoms with van der Waals surface area (Å²) < 4.78 is 5.01. The van der Waals surface area contributed by atoms with Crippen molar-refractivity contribution < 1.29 is 4.74 Å². The number of allylic oxidation sites excluding steroid dienone is 2. The number of rotatable bonds is 6. The number of ether oxygens (including phenoxy) is 1. The molecule has 1 heteroatoms. The Balaban J connectivity index is 2.94. The minimum atomic E-state index is 0.762. The Morgan fingerprint density at radius 2 is 2.20 bits per heavy atom. The fraction of sp³-hybridized carbons (Fsp3) is 0.556. The summed E-state index contributed by atoms with van der Waals surface area (Å²) in [4.78, 5) is 0. The van der Waals surface area contributed by atoms with E-state index in [9.17, 15) is 0 Å². The quantitative estimate of drug-likeness (QED) is 0.313. The van der Waals surface area contributed by atoms with E-state index in [1.165, 1.54) is 6.42 Å². The first kappa shape index (κ1) is 9.28. The van der Waals surface area contributed by atoms with Gasteiger partial charge in [0.2, 0.25) is 0 Å². The molecule has 0 aliphatic carbocycles. The summed E-state index contributed by atoms with van der Waals surface area (Å²) in [7, 11) is 0. The van der Waals surface area contributed by atoms with Gasteiger partial charge in [0.15, 0.2) is 0 Å². The van der Waals surface area contributed by atoms with Crippen molar-refractivity contribution in [1.29, 1.82) is 0 Å². The molecule has 0 atom stereocenters. The van der Waals surface area contributed by atoms with Crippen LogP contribution in [-0.2, 0) is 4.74 Å². The van der Waals surface area contributed by atoms with Gasteiger partial charge in [0, 0.05) is 0 Å². The fourth-order valence-electron chi connectivity index (χ4n) is 0.612. The molecular formula is C9H16O. The highest BCUT2D eigenvalue weighted by Gasteiger charge is 1.77. The van der Waals surface area contributed by atoms with Gasteiger partial charge in [-0.25, -0.2) is 0 Å². The molecule has 10 heavy (non-hydrogen) atoms. The largest absolute Gasteiger partial charge is 0.502 e. The number of hydrogen-bond donors (Lipinski definition) is 0. The topological polar surface area (TPSA) is 9.23 Å². The van der Waals surface area contributed by atoms with Gasteiger partial charge >= 0.3 is 0 Å². The first-order valence-corrected chi connectivity index (χ1v) is 3.79. The van der Waals surface area contributed by atoms with Gasteiger partial charge in [0.1, 0.15) is 0 Å². The average Bonchev–Trinajstić information content (AvgIpc) is 1.97. The van der Waals surface area contributed by atoms with Gasteiger partial charge in [-0.1, -0.05) is 6.08 Å². The third kappa shape index (κ3) is 7.28. The Morgan fingerprint density at radius 3 is 2.80 bits per heavy atom. The van der Waals surface area contributed by atoms with Gasteiger partial charge in [-0.2, -0.15) is 0 Å². The number of hydrogen-bond acceptors (Lipinski definition) is 1. The maximum absolute atomic E-state index is 5.01. The molecule has 0 aliphatic rings. The maximum Gasteiger partial charge on any atom is 0.0845 e. The molecule has 0 spiro atoms. The Hall–Kier alpha value is -0.720. The van der Waals surface area contributed by atoms with Gasteiger partial charge in [-0.3, -0.25) is 0 Å². The lowest BCUT2D eigenvalue weighted by atomic mass is 10.2. The zero-order valence-electron chi connectivity index (χ0n) is 6.68. The Kier molecular flexibility index (Phi) is 7.68. The lowest BCUT2D eigenvalue weighted by Gasteiger charge is -1.91. The summed E-state index contributed by atoms with van der Waals surface area (Å²) in [5, 5.41) is 0.